The third kappa shape index (κ3) is 4.58. The lowest BCUT2D eigenvalue weighted by atomic mass is 9.79. The minimum Gasteiger partial charge on any atom is -0.480 e. The fourth-order valence-electron chi connectivity index (χ4n) is 1.84. The minimum atomic E-state index is -1.35. The summed E-state index contributed by atoms with van der Waals surface area (Å²) in [6.45, 7) is 3.80. The highest BCUT2D eigenvalue weighted by Crippen LogP contribution is 2.32. The van der Waals surface area contributed by atoms with Crippen LogP contribution in [0.2, 0.25) is 0 Å². The molecule has 0 aromatic rings. The maximum absolute atomic E-state index is 11.9. The van der Waals surface area contributed by atoms with E-state index in [0.29, 0.717) is 25.7 Å². The van der Waals surface area contributed by atoms with E-state index in [4.69, 9.17) is 4.74 Å². The lowest BCUT2D eigenvalue weighted by Gasteiger charge is -2.26. The van der Waals surface area contributed by atoms with E-state index in [1.807, 2.05) is 13.2 Å². The second-order valence-corrected chi connectivity index (χ2v) is 4.94. The first-order valence-corrected chi connectivity index (χ1v) is 7.34. The fourth-order valence-corrected chi connectivity index (χ4v) is 2.28. The summed E-state index contributed by atoms with van der Waals surface area (Å²) in [4.78, 5) is 23.3. The van der Waals surface area contributed by atoms with Crippen molar-refractivity contribution in [3.05, 3.63) is 0 Å². The van der Waals surface area contributed by atoms with Crippen LogP contribution in [0, 0.1) is 5.41 Å². The van der Waals surface area contributed by atoms with Gasteiger partial charge in [-0.3, -0.25) is 9.59 Å². The smallest absolute Gasteiger partial charge is 0.323 e. The quantitative estimate of drug-likeness (QED) is 0.393. The molecule has 0 aliphatic carbocycles. The van der Waals surface area contributed by atoms with Crippen molar-refractivity contribution in [2.24, 2.45) is 5.41 Å². The Labute approximate surface area is 107 Å². The molecule has 5 heteroatoms. The van der Waals surface area contributed by atoms with Crippen LogP contribution in [0.15, 0.2) is 0 Å². The van der Waals surface area contributed by atoms with E-state index in [2.05, 4.69) is 0 Å². The topological polar surface area (TPSA) is 63.6 Å². The van der Waals surface area contributed by atoms with Gasteiger partial charge in [-0.05, 0) is 38.2 Å². The Kier molecular flexibility index (Phi) is 8.04. The van der Waals surface area contributed by atoms with Crippen LogP contribution in [-0.2, 0) is 14.3 Å². The first-order valence-electron chi connectivity index (χ1n) is 5.94. The molecule has 0 bridgehead atoms. The van der Waals surface area contributed by atoms with Crippen LogP contribution < -0.4 is 0 Å². The van der Waals surface area contributed by atoms with Crippen molar-refractivity contribution in [3.8, 4) is 0 Å². The number of carbonyl (C=O) groups is 2. The van der Waals surface area contributed by atoms with Gasteiger partial charge in [0.05, 0.1) is 6.61 Å². The molecule has 0 heterocycles. The lowest BCUT2D eigenvalue weighted by Crippen LogP contribution is -2.41. The van der Waals surface area contributed by atoms with E-state index in [9.17, 15) is 14.7 Å². The van der Waals surface area contributed by atoms with Gasteiger partial charge < -0.3 is 9.84 Å². The Morgan fingerprint density at radius 1 is 1.29 bits per heavy atom. The molecule has 0 aliphatic rings. The fraction of sp³-hybridized carbons (Fsp3) is 0.833. The molecule has 0 saturated carbocycles. The number of carbonyl (C=O) groups excluding carboxylic acids is 1. The van der Waals surface area contributed by atoms with Gasteiger partial charge >= 0.3 is 11.9 Å². The predicted octanol–water partition coefficient (Wildman–Crippen LogP) is 2.56. The zero-order valence-corrected chi connectivity index (χ0v) is 11.6. The van der Waals surface area contributed by atoms with E-state index in [0.717, 1.165) is 5.75 Å². The van der Waals surface area contributed by atoms with Crippen molar-refractivity contribution in [3.63, 3.8) is 0 Å². The van der Waals surface area contributed by atoms with Crippen molar-refractivity contribution in [1.82, 2.24) is 0 Å². The highest BCUT2D eigenvalue weighted by molar-refractivity contribution is 7.98. The summed E-state index contributed by atoms with van der Waals surface area (Å²) in [5.41, 5.74) is -1.35. The molecule has 1 N–H and O–H groups in total. The van der Waals surface area contributed by atoms with Gasteiger partial charge in [0.25, 0.3) is 0 Å². The molecule has 0 aromatic carbocycles. The Bertz CT molecular complexity index is 255. The summed E-state index contributed by atoms with van der Waals surface area (Å²) in [6, 6.07) is 0. The third-order valence-corrected chi connectivity index (χ3v) is 3.40. The number of hydrogen-bond acceptors (Lipinski definition) is 4. The molecular weight excluding hydrogens is 240 g/mol. The third-order valence-electron chi connectivity index (χ3n) is 2.70. The molecule has 17 heavy (non-hydrogen) atoms. The summed E-state index contributed by atoms with van der Waals surface area (Å²) in [7, 11) is 0. The standard InChI is InChI=1S/C12H22O4S/c1-4-7-12(10(13)14,8-6-9-17-3)11(15)16-5-2/h4-9H2,1-3H3,(H,13,14). The van der Waals surface area contributed by atoms with Gasteiger partial charge in [-0.15, -0.1) is 0 Å². The van der Waals surface area contributed by atoms with Crippen molar-refractivity contribution < 1.29 is 19.4 Å². The molecule has 0 rings (SSSR count). The first-order chi connectivity index (χ1) is 8.05. The highest BCUT2D eigenvalue weighted by atomic mass is 32.2. The summed E-state index contributed by atoms with van der Waals surface area (Å²) >= 11 is 1.65. The predicted molar refractivity (Wildman–Crippen MR) is 69.2 cm³/mol. The maximum atomic E-state index is 11.9. The molecule has 0 aliphatic heterocycles. The Morgan fingerprint density at radius 3 is 2.35 bits per heavy atom. The molecule has 0 radical (unpaired) electrons. The van der Waals surface area contributed by atoms with Crippen LogP contribution in [0.25, 0.3) is 0 Å². The molecule has 100 valence electrons. The van der Waals surface area contributed by atoms with E-state index >= 15 is 0 Å². The second kappa shape index (κ2) is 8.39. The average molecular weight is 262 g/mol. The zero-order chi connectivity index (χ0) is 13.3. The van der Waals surface area contributed by atoms with Gasteiger partial charge in [-0.1, -0.05) is 13.3 Å². The molecule has 0 amide bonds. The number of ether oxygens (including phenoxy) is 1. The molecule has 0 fully saturated rings. The molecule has 0 aromatic heterocycles. The number of hydrogen-bond donors (Lipinski definition) is 1. The Balaban J connectivity index is 4.84. The SMILES string of the molecule is CCCC(CCCSC)(C(=O)O)C(=O)OCC. The van der Waals surface area contributed by atoms with Crippen molar-refractivity contribution in [2.75, 3.05) is 18.6 Å². The van der Waals surface area contributed by atoms with E-state index in [1.165, 1.54) is 0 Å². The highest BCUT2D eigenvalue weighted by Gasteiger charge is 2.46. The van der Waals surface area contributed by atoms with E-state index in [1.54, 1.807) is 18.7 Å². The lowest BCUT2D eigenvalue weighted by molar-refractivity contribution is -0.170. The summed E-state index contributed by atoms with van der Waals surface area (Å²) in [6.07, 6.45) is 4.04. The number of rotatable bonds is 9. The molecule has 0 saturated heterocycles. The first kappa shape index (κ1) is 16.3. The summed E-state index contributed by atoms with van der Waals surface area (Å²) in [5, 5.41) is 9.34. The Morgan fingerprint density at radius 2 is 1.94 bits per heavy atom. The molecular formula is C12H22O4S. The monoisotopic (exact) mass is 262 g/mol. The number of carboxylic acid groups (broad SMARTS) is 1. The van der Waals surface area contributed by atoms with Gasteiger partial charge in [-0.2, -0.15) is 11.8 Å². The van der Waals surface area contributed by atoms with Gasteiger partial charge in [0, 0.05) is 0 Å². The van der Waals surface area contributed by atoms with Crippen LogP contribution in [0.5, 0.6) is 0 Å². The number of carboxylic acids is 1. The molecule has 1 atom stereocenters. The van der Waals surface area contributed by atoms with Crippen LogP contribution in [-0.4, -0.2) is 35.7 Å². The van der Waals surface area contributed by atoms with Gasteiger partial charge in [0.15, 0.2) is 5.41 Å². The second-order valence-electron chi connectivity index (χ2n) is 3.95. The van der Waals surface area contributed by atoms with Gasteiger partial charge in [0.2, 0.25) is 0 Å². The van der Waals surface area contributed by atoms with Crippen molar-refractivity contribution in [1.29, 1.82) is 0 Å². The minimum absolute atomic E-state index is 0.222. The van der Waals surface area contributed by atoms with Gasteiger partial charge in [-0.25, -0.2) is 0 Å². The summed E-state index contributed by atoms with van der Waals surface area (Å²) < 4.78 is 4.93. The van der Waals surface area contributed by atoms with Crippen LogP contribution >= 0.6 is 11.8 Å². The van der Waals surface area contributed by atoms with E-state index in [-0.39, 0.29) is 6.61 Å². The van der Waals surface area contributed by atoms with Crippen LogP contribution in [0.3, 0.4) is 0 Å². The average Bonchev–Trinajstić information content (AvgIpc) is 2.28. The number of aliphatic carboxylic acids is 1. The summed E-state index contributed by atoms with van der Waals surface area (Å²) in [5.74, 6) is -0.785. The van der Waals surface area contributed by atoms with Crippen LogP contribution in [0.4, 0.5) is 0 Å². The van der Waals surface area contributed by atoms with Gasteiger partial charge in [0.1, 0.15) is 0 Å². The number of thioether (sulfide) groups is 1. The van der Waals surface area contributed by atoms with Crippen LogP contribution in [0.1, 0.15) is 39.5 Å². The molecule has 1 unspecified atom stereocenters. The van der Waals surface area contributed by atoms with E-state index < -0.39 is 17.4 Å². The molecule has 4 nitrogen and oxygen atoms in total. The van der Waals surface area contributed by atoms with Crippen molar-refractivity contribution >= 4 is 23.7 Å². The largest absolute Gasteiger partial charge is 0.480 e. The number of esters is 1. The van der Waals surface area contributed by atoms with Crippen molar-refractivity contribution in [2.45, 2.75) is 39.5 Å². The maximum Gasteiger partial charge on any atom is 0.323 e. The Hall–Kier alpha value is -0.710. The zero-order valence-electron chi connectivity index (χ0n) is 10.8. The normalized spacial score (nSPS) is 14.1. The molecule has 0 spiro atoms.